The van der Waals surface area contributed by atoms with Crippen LogP contribution in [0, 0.1) is 6.92 Å². The zero-order valence-electron chi connectivity index (χ0n) is 9.23. The van der Waals surface area contributed by atoms with Crippen molar-refractivity contribution < 1.29 is 0 Å². The minimum absolute atomic E-state index is 0.927. The standard InChI is InChI=1S/C14H13NS/c1-10-2-4-11(5-3-10)14-12-7-9-16-13(12)6-8-15-14/h2-5,7,9H,6,8H2,1H3. The highest BCUT2D eigenvalue weighted by atomic mass is 32.1. The van der Waals surface area contributed by atoms with Crippen molar-refractivity contribution in [3.63, 3.8) is 0 Å². The lowest BCUT2D eigenvalue weighted by atomic mass is 9.99. The highest BCUT2D eigenvalue weighted by Crippen LogP contribution is 2.25. The number of aliphatic imine (C=N–C) groups is 1. The molecular weight excluding hydrogens is 214 g/mol. The molecule has 0 saturated carbocycles. The molecule has 1 aromatic carbocycles. The molecule has 0 N–H and O–H groups in total. The Morgan fingerprint density at radius 2 is 1.94 bits per heavy atom. The Kier molecular flexibility index (Phi) is 2.37. The Balaban J connectivity index is 2.08. The Hall–Kier alpha value is -1.41. The van der Waals surface area contributed by atoms with Crippen molar-refractivity contribution in [3.8, 4) is 0 Å². The monoisotopic (exact) mass is 227 g/mol. The molecule has 2 heterocycles. The molecule has 0 spiro atoms. The largest absolute Gasteiger partial charge is 0.284 e. The SMILES string of the molecule is Cc1ccc(C2=NCCc3sccc32)cc1. The van der Waals surface area contributed by atoms with E-state index in [-0.39, 0.29) is 0 Å². The predicted molar refractivity (Wildman–Crippen MR) is 69.7 cm³/mol. The summed E-state index contributed by atoms with van der Waals surface area (Å²) in [5, 5.41) is 2.17. The molecule has 1 nitrogen and oxygen atoms in total. The Morgan fingerprint density at radius 1 is 1.12 bits per heavy atom. The van der Waals surface area contributed by atoms with E-state index in [1.807, 2.05) is 11.3 Å². The molecule has 0 amide bonds. The summed E-state index contributed by atoms with van der Waals surface area (Å²) in [5.74, 6) is 0. The van der Waals surface area contributed by atoms with Crippen LogP contribution >= 0.6 is 11.3 Å². The van der Waals surface area contributed by atoms with Crippen LogP contribution in [0.1, 0.15) is 21.6 Å². The van der Waals surface area contributed by atoms with E-state index < -0.39 is 0 Å². The predicted octanol–water partition coefficient (Wildman–Crippen LogP) is 3.45. The number of thiophene rings is 1. The maximum Gasteiger partial charge on any atom is 0.0730 e. The molecule has 16 heavy (non-hydrogen) atoms. The molecule has 0 fully saturated rings. The lowest BCUT2D eigenvalue weighted by Crippen LogP contribution is -2.11. The third kappa shape index (κ3) is 1.59. The first-order chi connectivity index (χ1) is 7.84. The third-order valence-electron chi connectivity index (χ3n) is 2.93. The van der Waals surface area contributed by atoms with E-state index in [4.69, 9.17) is 0 Å². The summed E-state index contributed by atoms with van der Waals surface area (Å²) in [6.07, 6.45) is 1.10. The maximum atomic E-state index is 4.67. The number of nitrogens with zero attached hydrogens (tertiary/aromatic N) is 1. The Bertz CT molecular complexity index is 534. The van der Waals surface area contributed by atoms with E-state index in [0.717, 1.165) is 13.0 Å². The normalized spacial score (nSPS) is 14.4. The van der Waals surface area contributed by atoms with Crippen molar-refractivity contribution >= 4 is 17.0 Å². The fraction of sp³-hybridized carbons (Fsp3) is 0.214. The fourth-order valence-corrected chi connectivity index (χ4v) is 2.93. The lowest BCUT2D eigenvalue weighted by Gasteiger charge is -2.13. The van der Waals surface area contributed by atoms with E-state index in [1.165, 1.54) is 27.3 Å². The van der Waals surface area contributed by atoms with Gasteiger partial charge >= 0.3 is 0 Å². The van der Waals surface area contributed by atoms with Crippen molar-refractivity contribution in [1.82, 2.24) is 0 Å². The zero-order chi connectivity index (χ0) is 11.0. The second kappa shape index (κ2) is 3.87. The van der Waals surface area contributed by atoms with Gasteiger partial charge in [0.1, 0.15) is 0 Å². The zero-order valence-corrected chi connectivity index (χ0v) is 10.1. The van der Waals surface area contributed by atoms with Gasteiger partial charge in [0, 0.05) is 29.0 Å². The molecule has 0 radical (unpaired) electrons. The lowest BCUT2D eigenvalue weighted by molar-refractivity contribution is 0.965. The van der Waals surface area contributed by atoms with Crippen LogP contribution in [0.15, 0.2) is 40.7 Å². The first-order valence-corrected chi connectivity index (χ1v) is 6.41. The minimum Gasteiger partial charge on any atom is -0.284 e. The van der Waals surface area contributed by atoms with E-state index in [9.17, 15) is 0 Å². The van der Waals surface area contributed by atoms with Gasteiger partial charge in [-0.25, -0.2) is 0 Å². The molecule has 80 valence electrons. The van der Waals surface area contributed by atoms with Crippen molar-refractivity contribution in [2.75, 3.05) is 6.54 Å². The summed E-state index contributed by atoms with van der Waals surface area (Å²) in [5.41, 5.74) is 5.04. The molecule has 0 atom stereocenters. The number of hydrogen-bond donors (Lipinski definition) is 0. The van der Waals surface area contributed by atoms with Crippen LogP contribution in [0.25, 0.3) is 0 Å². The highest BCUT2D eigenvalue weighted by Gasteiger charge is 2.16. The second-order valence-corrected chi connectivity index (χ2v) is 5.10. The molecule has 0 aliphatic carbocycles. The van der Waals surface area contributed by atoms with Gasteiger partial charge in [0.05, 0.1) is 5.71 Å². The Morgan fingerprint density at radius 3 is 2.75 bits per heavy atom. The summed E-state index contributed by atoms with van der Waals surface area (Å²) in [7, 11) is 0. The van der Waals surface area contributed by atoms with Crippen molar-refractivity contribution in [2.45, 2.75) is 13.3 Å². The maximum absolute atomic E-state index is 4.67. The van der Waals surface area contributed by atoms with E-state index in [1.54, 1.807) is 0 Å². The van der Waals surface area contributed by atoms with Crippen LogP contribution in [0.2, 0.25) is 0 Å². The second-order valence-electron chi connectivity index (χ2n) is 4.10. The summed E-state index contributed by atoms with van der Waals surface area (Å²) in [6.45, 7) is 3.04. The van der Waals surface area contributed by atoms with Crippen LogP contribution in [0.3, 0.4) is 0 Å². The average molecular weight is 227 g/mol. The van der Waals surface area contributed by atoms with Crippen LogP contribution in [0.4, 0.5) is 0 Å². The average Bonchev–Trinajstić information content (AvgIpc) is 2.78. The molecule has 0 unspecified atom stereocenters. The van der Waals surface area contributed by atoms with Crippen LogP contribution in [-0.4, -0.2) is 12.3 Å². The molecular formula is C14H13NS. The molecule has 1 aliphatic rings. The molecule has 0 bridgehead atoms. The summed E-state index contributed by atoms with van der Waals surface area (Å²) < 4.78 is 0. The van der Waals surface area contributed by atoms with E-state index in [2.05, 4.69) is 47.6 Å². The fourth-order valence-electron chi connectivity index (χ4n) is 2.06. The first kappa shape index (κ1) is 9.79. The van der Waals surface area contributed by atoms with Gasteiger partial charge in [-0.05, 0) is 18.4 Å². The number of hydrogen-bond acceptors (Lipinski definition) is 2. The topological polar surface area (TPSA) is 12.4 Å². The smallest absolute Gasteiger partial charge is 0.0730 e. The Labute approximate surface area is 99.5 Å². The van der Waals surface area contributed by atoms with Gasteiger partial charge in [0.2, 0.25) is 0 Å². The minimum atomic E-state index is 0.927. The van der Waals surface area contributed by atoms with Gasteiger partial charge in [-0.2, -0.15) is 0 Å². The van der Waals surface area contributed by atoms with Gasteiger partial charge in [-0.3, -0.25) is 4.99 Å². The molecule has 1 aromatic heterocycles. The number of rotatable bonds is 1. The quantitative estimate of drug-likeness (QED) is 0.707. The third-order valence-corrected chi connectivity index (χ3v) is 3.92. The summed E-state index contributed by atoms with van der Waals surface area (Å²) >= 11 is 1.85. The molecule has 2 aromatic rings. The molecule has 3 rings (SSSR count). The summed E-state index contributed by atoms with van der Waals surface area (Å²) in [4.78, 5) is 6.14. The van der Waals surface area contributed by atoms with Gasteiger partial charge in [-0.1, -0.05) is 29.8 Å². The number of aryl methyl sites for hydroxylation is 1. The van der Waals surface area contributed by atoms with Crippen LogP contribution < -0.4 is 0 Å². The van der Waals surface area contributed by atoms with Gasteiger partial charge in [-0.15, -0.1) is 11.3 Å². The number of fused-ring (bicyclic) bond motifs is 1. The van der Waals surface area contributed by atoms with Crippen molar-refractivity contribution in [3.05, 3.63) is 57.3 Å². The molecule has 0 saturated heterocycles. The molecule has 1 aliphatic heterocycles. The van der Waals surface area contributed by atoms with Crippen LogP contribution in [-0.2, 0) is 6.42 Å². The summed E-state index contributed by atoms with van der Waals surface area (Å²) in [6, 6.07) is 10.8. The van der Waals surface area contributed by atoms with Gasteiger partial charge in [0.25, 0.3) is 0 Å². The van der Waals surface area contributed by atoms with Gasteiger partial charge in [0.15, 0.2) is 0 Å². The van der Waals surface area contributed by atoms with E-state index in [0.29, 0.717) is 0 Å². The van der Waals surface area contributed by atoms with Crippen LogP contribution in [0.5, 0.6) is 0 Å². The van der Waals surface area contributed by atoms with E-state index >= 15 is 0 Å². The number of benzene rings is 1. The highest BCUT2D eigenvalue weighted by molar-refractivity contribution is 7.10. The molecule has 2 heteroatoms. The van der Waals surface area contributed by atoms with Crippen molar-refractivity contribution in [2.24, 2.45) is 4.99 Å². The van der Waals surface area contributed by atoms with Gasteiger partial charge < -0.3 is 0 Å². The van der Waals surface area contributed by atoms with Crippen molar-refractivity contribution in [1.29, 1.82) is 0 Å². The first-order valence-electron chi connectivity index (χ1n) is 5.53.